The van der Waals surface area contributed by atoms with Crippen molar-refractivity contribution in [2.75, 3.05) is 6.61 Å². The number of unbranched alkanes of at least 4 members (excludes halogenated alkanes) is 2. The second-order valence-electron chi connectivity index (χ2n) is 6.33. The van der Waals surface area contributed by atoms with Gasteiger partial charge in [-0.15, -0.1) is 11.5 Å². The van der Waals surface area contributed by atoms with Crippen molar-refractivity contribution in [1.82, 2.24) is 0 Å². The summed E-state index contributed by atoms with van der Waals surface area (Å²) in [6.45, 7) is 14.2. The highest BCUT2D eigenvalue weighted by atomic mass is 28.3. The molecule has 0 unspecified atom stereocenters. The average Bonchev–Trinajstić information content (AvgIpc) is 2.11. The van der Waals surface area contributed by atoms with Gasteiger partial charge in [-0.3, -0.25) is 0 Å². The van der Waals surface area contributed by atoms with Gasteiger partial charge >= 0.3 is 0 Å². The highest BCUT2D eigenvalue weighted by Gasteiger charge is 2.08. The molecule has 0 aliphatic carbocycles. The fourth-order valence-corrected chi connectivity index (χ4v) is 1.99. The van der Waals surface area contributed by atoms with Gasteiger partial charge in [-0.05, 0) is 12.8 Å². The Morgan fingerprint density at radius 2 is 1.41 bits per heavy atom. The highest BCUT2D eigenvalue weighted by Crippen LogP contribution is 1.99. The first-order valence-electron chi connectivity index (χ1n) is 6.35. The Morgan fingerprint density at radius 1 is 0.824 bits per heavy atom. The minimum absolute atomic E-state index is 0.742. The average molecular weight is 267 g/mol. The monoisotopic (exact) mass is 266 g/mol. The maximum absolute atomic E-state index is 5.29. The third kappa shape index (κ3) is 15.4. The van der Waals surface area contributed by atoms with Crippen molar-refractivity contribution in [3.63, 3.8) is 0 Å². The van der Waals surface area contributed by atoms with E-state index in [4.69, 9.17) is 4.74 Å². The van der Waals surface area contributed by atoms with Crippen LogP contribution in [0.1, 0.15) is 19.3 Å². The first-order valence-corrected chi connectivity index (χ1v) is 13.3. The number of hydrogen-bond acceptors (Lipinski definition) is 1. The summed E-state index contributed by atoms with van der Waals surface area (Å²) in [5, 5.41) is 0. The molecule has 0 atom stereocenters. The zero-order valence-corrected chi connectivity index (χ0v) is 14.2. The standard InChI is InChI=1S/C14H26OSi2/c1-16(2,3)13-10-8-7-9-11-15-12-14-17(4,5)6/h7-9,11H2,1-6H3. The van der Waals surface area contributed by atoms with Crippen LogP contribution in [-0.4, -0.2) is 22.8 Å². The van der Waals surface area contributed by atoms with Crippen LogP contribution in [0, 0.1) is 23.1 Å². The molecule has 0 aliphatic rings. The van der Waals surface area contributed by atoms with Crippen LogP contribution in [0.3, 0.4) is 0 Å². The van der Waals surface area contributed by atoms with Gasteiger partial charge in [-0.2, -0.15) is 0 Å². The smallest absolute Gasteiger partial charge is 0.133 e. The van der Waals surface area contributed by atoms with Crippen LogP contribution in [-0.2, 0) is 4.74 Å². The molecule has 1 nitrogen and oxygen atoms in total. The first kappa shape index (κ1) is 16.4. The molecule has 0 amide bonds. The van der Waals surface area contributed by atoms with Crippen LogP contribution in [0.5, 0.6) is 0 Å². The molecule has 0 saturated heterocycles. The zero-order valence-electron chi connectivity index (χ0n) is 12.2. The zero-order chi connectivity index (χ0) is 13.4. The lowest BCUT2D eigenvalue weighted by atomic mass is 10.2. The summed E-state index contributed by atoms with van der Waals surface area (Å²) in [5.41, 5.74) is 6.56. The molecule has 0 aromatic carbocycles. The fourth-order valence-electron chi connectivity index (χ4n) is 0.955. The molecule has 0 aromatic heterocycles. The topological polar surface area (TPSA) is 9.23 Å². The Hall–Kier alpha value is -0.646. The quantitative estimate of drug-likeness (QED) is 0.426. The van der Waals surface area contributed by atoms with Crippen molar-refractivity contribution in [2.45, 2.75) is 58.5 Å². The summed E-state index contributed by atoms with van der Waals surface area (Å²) in [5.74, 6) is 3.27. The van der Waals surface area contributed by atoms with Gasteiger partial charge in [0.2, 0.25) is 0 Å². The molecule has 96 valence electrons. The van der Waals surface area contributed by atoms with E-state index in [2.05, 4.69) is 62.4 Å². The molecule has 0 spiro atoms. The molecule has 0 radical (unpaired) electrons. The van der Waals surface area contributed by atoms with E-state index in [0.29, 0.717) is 0 Å². The van der Waals surface area contributed by atoms with E-state index in [0.717, 1.165) is 25.9 Å². The van der Waals surface area contributed by atoms with E-state index < -0.39 is 16.1 Å². The van der Waals surface area contributed by atoms with Crippen molar-refractivity contribution in [3.8, 4) is 23.1 Å². The van der Waals surface area contributed by atoms with Crippen LogP contribution in [0.4, 0.5) is 0 Å². The van der Waals surface area contributed by atoms with Crippen LogP contribution >= 0.6 is 0 Å². The minimum Gasteiger partial charge on any atom is -0.447 e. The van der Waals surface area contributed by atoms with Crippen LogP contribution in [0.15, 0.2) is 0 Å². The van der Waals surface area contributed by atoms with Crippen molar-refractivity contribution in [2.24, 2.45) is 0 Å². The second-order valence-corrected chi connectivity index (χ2v) is 15.8. The molecule has 0 bridgehead atoms. The molecule has 0 N–H and O–H groups in total. The van der Waals surface area contributed by atoms with E-state index in [1.165, 1.54) is 0 Å². The summed E-state index contributed by atoms with van der Waals surface area (Å²) < 4.78 is 5.29. The third-order valence-corrected chi connectivity index (χ3v) is 3.54. The molecule has 0 rings (SSSR count). The lowest BCUT2D eigenvalue weighted by Gasteiger charge is -2.03. The van der Waals surface area contributed by atoms with Crippen LogP contribution in [0.25, 0.3) is 0 Å². The van der Waals surface area contributed by atoms with Crippen LogP contribution in [0.2, 0.25) is 39.3 Å². The lowest BCUT2D eigenvalue weighted by molar-refractivity contribution is 0.269. The van der Waals surface area contributed by atoms with Gasteiger partial charge in [-0.1, -0.05) is 44.8 Å². The first-order chi connectivity index (χ1) is 7.71. The van der Waals surface area contributed by atoms with E-state index >= 15 is 0 Å². The summed E-state index contributed by atoms with van der Waals surface area (Å²) >= 11 is 0. The Bertz CT molecular complexity index is 292. The van der Waals surface area contributed by atoms with Gasteiger partial charge in [0.05, 0.1) is 0 Å². The largest absolute Gasteiger partial charge is 0.447 e. The van der Waals surface area contributed by atoms with Crippen LogP contribution < -0.4 is 0 Å². The van der Waals surface area contributed by atoms with Gasteiger partial charge in [0.25, 0.3) is 0 Å². The van der Waals surface area contributed by atoms with Gasteiger partial charge in [0.1, 0.15) is 28.9 Å². The van der Waals surface area contributed by atoms with E-state index in [1.54, 1.807) is 0 Å². The normalized spacial score (nSPS) is 10.9. The minimum atomic E-state index is -1.26. The number of hydrogen-bond donors (Lipinski definition) is 0. The fraction of sp³-hybridized carbons (Fsp3) is 0.714. The van der Waals surface area contributed by atoms with Gasteiger partial charge in [0, 0.05) is 6.42 Å². The van der Waals surface area contributed by atoms with Gasteiger partial charge in [-0.25, -0.2) is 0 Å². The van der Waals surface area contributed by atoms with E-state index in [9.17, 15) is 0 Å². The third-order valence-electron chi connectivity index (χ3n) is 1.76. The summed E-state index contributed by atoms with van der Waals surface area (Å²) in [4.78, 5) is 0. The Balaban J connectivity index is 3.53. The predicted octanol–water partition coefficient (Wildman–Crippen LogP) is 3.89. The molecule has 0 aromatic rings. The van der Waals surface area contributed by atoms with Crippen molar-refractivity contribution >= 4 is 16.1 Å². The highest BCUT2D eigenvalue weighted by molar-refractivity contribution is 6.84. The van der Waals surface area contributed by atoms with Crippen molar-refractivity contribution in [3.05, 3.63) is 0 Å². The molecule has 17 heavy (non-hydrogen) atoms. The molecule has 3 heteroatoms. The number of ether oxygens (including phenoxy) is 1. The van der Waals surface area contributed by atoms with Gasteiger partial charge in [0.15, 0.2) is 0 Å². The van der Waals surface area contributed by atoms with Crippen molar-refractivity contribution in [1.29, 1.82) is 0 Å². The molecular weight excluding hydrogens is 240 g/mol. The molecular formula is C14H26OSi2. The Kier molecular flexibility index (Phi) is 7.35. The number of rotatable bonds is 4. The molecule has 0 saturated carbocycles. The maximum atomic E-state index is 5.29. The van der Waals surface area contributed by atoms with Crippen molar-refractivity contribution < 1.29 is 4.74 Å². The second kappa shape index (κ2) is 7.64. The molecule has 0 fully saturated rings. The SMILES string of the molecule is C[Si](C)(C)C#CCCCCOC#C[Si](C)(C)C. The lowest BCUT2D eigenvalue weighted by Crippen LogP contribution is -2.16. The summed E-state index contributed by atoms with van der Waals surface area (Å²) in [6, 6.07) is 0. The molecule has 0 aliphatic heterocycles. The van der Waals surface area contributed by atoms with E-state index in [-0.39, 0.29) is 0 Å². The summed E-state index contributed by atoms with van der Waals surface area (Å²) in [7, 11) is -2.43. The Morgan fingerprint density at radius 3 is 1.94 bits per heavy atom. The molecule has 0 heterocycles. The van der Waals surface area contributed by atoms with E-state index in [1.807, 2.05) is 0 Å². The van der Waals surface area contributed by atoms with Gasteiger partial charge < -0.3 is 4.74 Å². The Labute approximate surface area is 109 Å². The summed E-state index contributed by atoms with van der Waals surface area (Å²) in [6.07, 6.45) is 5.99. The predicted molar refractivity (Wildman–Crippen MR) is 82.0 cm³/mol. The maximum Gasteiger partial charge on any atom is 0.133 e.